The summed E-state index contributed by atoms with van der Waals surface area (Å²) in [5.74, 6) is 0.303. The Bertz CT molecular complexity index is 144. The molecular weight excluding hydrogens is 204 g/mol. The van der Waals surface area contributed by atoms with Crippen LogP contribution in [-0.2, 0) is 19.9 Å². The van der Waals surface area contributed by atoms with E-state index in [1.807, 2.05) is 0 Å². The Labute approximate surface area is 88.5 Å². The van der Waals surface area contributed by atoms with Crippen LogP contribution in [0.3, 0.4) is 0 Å². The Hall–Kier alpha value is -0.240. The quantitative estimate of drug-likeness (QED) is 0.670. The van der Waals surface area contributed by atoms with E-state index in [2.05, 4.69) is 19.9 Å². The van der Waals surface area contributed by atoms with E-state index in [-0.39, 0.29) is 6.61 Å². The molecule has 1 fully saturated rings. The fourth-order valence-electron chi connectivity index (χ4n) is 1.59. The topological polar surface area (TPSA) is 77.4 Å². The third kappa shape index (κ3) is 6.03. The van der Waals surface area contributed by atoms with Gasteiger partial charge in [-0.15, -0.1) is 0 Å². The van der Waals surface area contributed by atoms with E-state index in [0.29, 0.717) is 25.6 Å². The predicted octanol–water partition coefficient (Wildman–Crippen LogP) is 0.341. The second-order valence-electron chi connectivity index (χ2n) is 3.65. The zero-order valence-electron chi connectivity index (χ0n) is 8.63. The molecule has 2 N–H and O–H groups in total. The smallest absolute Gasteiger partial charge is 0.0857 e. The summed E-state index contributed by atoms with van der Waals surface area (Å²) in [4.78, 5) is 9.29. The Morgan fingerprint density at radius 3 is 2.60 bits per heavy atom. The molecule has 6 heteroatoms. The Morgan fingerprint density at radius 2 is 1.87 bits per heavy atom. The molecule has 0 aromatic heterocycles. The molecule has 90 valence electrons. The van der Waals surface area contributed by atoms with Gasteiger partial charge in [-0.25, -0.2) is 9.78 Å². The van der Waals surface area contributed by atoms with Crippen molar-refractivity contribution in [1.82, 2.24) is 0 Å². The first-order chi connectivity index (χ1) is 7.33. The van der Waals surface area contributed by atoms with Gasteiger partial charge in [0.05, 0.1) is 25.9 Å². The van der Waals surface area contributed by atoms with Crippen molar-refractivity contribution in [1.29, 1.82) is 0 Å². The molecule has 0 spiro atoms. The van der Waals surface area contributed by atoms with Gasteiger partial charge in [0.2, 0.25) is 0 Å². The van der Waals surface area contributed by atoms with Crippen molar-refractivity contribution in [3.63, 3.8) is 0 Å². The van der Waals surface area contributed by atoms with E-state index in [0.717, 1.165) is 19.3 Å². The number of hydrogen-bond donors (Lipinski definition) is 2. The molecular formula is C9H18O6. The van der Waals surface area contributed by atoms with Crippen LogP contribution in [0.15, 0.2) is 0 Å². The van der Waals surface area contributed by atoms with E-state index in [1.165, 1.54) is 0 Å². The summed E-state index contributed by atoms with van der Waals surface area (Å²) in [6.45, 7) is 0.606. The minimum atomic E-state index is -0.656. The van der Waals surface area contributed by atoms with E-state index in [1.54, 1.807) is 0 Å². The van der Waals surface area contributed by atoms with Gasteiger partial charge in [0.1, 0.15) is 0 Å². The Balaban J connectivity index is 2.25. The van der Waals surface area contributed by atoms with Crippen LogP contribution >= 0.6 is 0 Å². The molecule has 1 saturated heterocycles. The van der Waals surface area contributed by atoms with Crippen LogP contribution in [-0.4, -0.2) is 36.1 Å². The normalized spacial score (nSPS) is 27.2. The number of aliphatic hydroxyl groups is 2. The molecule has 0 amide bonds. The lowest BCUT2D eigenvalue weighted by Crippen LogP contribution is -2.20. The lowest BCUT2D eigenvalue weighted by molar-refractivity contribution is -0.635. The minimum absolute atomic E-state index is 0.201. The zero-order chi connectivity index (χ0) is 10.9. The molecule has 1 aliphatic heterocycles. The molecule has 15 heavy (non-hydrogen) atoms. The summed E-state index contributed by atoms with van der Waals surface area (Å²) < 4.78 is 0. The molecule has 1 rings (SSSR count). The molecule has 0 aromatic carbocycles. The van der Waals surface area contributed by atoms with Crippen molar-refractivity contribution in [3.8, 4) is 0 Å². The number of aliphatic hydroxyl groups excluding tert-OH is 2. The fourth-order valence-corrected chi connectivity index (χ4v) is 1.59. The highest BCUT2D eigenvalue weighted by atomic mass is 17.7. The highest BCUT2D eigenvalue weighted by Gasteiger charge is 2.15. The lowest BCUT2D eigenvalue weighted by atomic mass is 9.93. The molecule has 2 atom stereocenters. The molecule has 0 bridgehead atoms. The van der Waals surface area contributed by atoms with E-state index >= 15 is 0 Å². The third-order valence-corrected chi connectivity index (χ3v) is 2.39. The summed E-state index contributed by atoms with van der Waals surface area (Å²) in [5.41, 5.74) is 0. The van der Waals surface area contributed by atoms with Crippen LogP contribution in [0.5, 0.6) is 0 Å². The Morgan fingerprint density at radius 1 is 1.13 bits per heavy atom. The van der Waals surface area contributed by atoms with Gasteiger partial charge in [0.25, 0.3) is 0 Å². The molecule has 1 aliphatic rings. The molecule has 2 unspecified atom stereocenters. The molecule has 0 radical (unpaired) electrons. The van der Waals surface area contributed by atoms with Crippen molar-refractivity contribution >= 4 is 0 Å². The molecule has 0 aliphatic carbocycles. The first kappa shape index (κ1) is 12.8. The average molecular weight is 222 g/mol. The minimum Gasteiger partial charge on any atom is -0.394 e. The van der Waals surface area contributed by atoms with Crippen molar-refractivity contribution in [2.75, 3.05) is 19.8 Å². The molecule has 6 nitrogen and oxygen atoms in total. The van der Waals surface area contributed by atoms with Crippen LogP contribution in [0.4, 0.5) is 0 Å². The van der Waals surface area contributed by atoms with Crippen molar-refractivity contribution in [2.45, 2.75) is 31.8 Å². The largest absolute Gasteiger partial charge is 0.394 e. The number of hydrogen-bond acceptors (Lipinski definition) is 6. The second-order valence-corrected chi connectivity index (χ2v) is 3.65. The summed E-state index contributed by atoms with van der Waals surface area (Å²) in [5, 5.41) is 26.6. The Kier molecular flexibility index (Phi) is 6.82. The predicted molar refractivity (Wildman–Crippen MR) is 49.1 cm³/mol. The van der Waals surface area contributed by atoms with Gasteiger partial charge in [0.15, 0.2) is 0 Å². The molecule has 0 aromatic rings. The SMILES string of the molecule is OCC(O)CC1CCCOOOOCC1. The highest BCUT2D eigenvalue weighted by molar-refractivity contribution is 4.65. The second kappa shape index (κ2) is 7.98. The molecule has 1 heterocycles. The van der Waals surface area contributed by atoms with Crippen molar-refractivity contribution < 1.29 is 30.1 Å². The maximum absolute atomic E-state index is 9.32. The monoisotopic (exact) mass is 222 g/mol. The van der Waals surface area contributed by atoms with Gasteiger partial charge in [-0.05, 0) is 41.7 Å². The van der Waals surface area contributed by atoms with Gasteiger partial charge in [-0.1, -0.05) is 0 Å². The van der Waals surface area contributed by atoms with Crippen LogP contribution in [0.1, 0.15) is 25.7 Å². The van der Waals surface area contributed by atoms with Crippen LogP contribution < -0.4 is 0 Å². The van der Waals surface area contributed by atoms with Gasteiger partial charge in [-0.2, -0.15) is 0 Å². The van der Waals surface area contributed by atoms with Crippen LogP contribution in [0.2, 0.25) is 0 Å². The maximum Gasteiger partial charge on any atom is 0.0857 e. The lowest BCUT2D eigenvalue weighted by Gasteiger charge is -2.19. The third-order valence-electron chi connectivity index (χ3n) is 2.39. The summed E-state index contributed by atoms with van der Waals surface area (Å²) in [7, 11) is 0. The first-order valence-corrected chi connectivity index (χ1v) is 5.19. The van der Waals surface area contributed by atoms with Gasteiger partial charge >= 0.3 is 0 Å². The van der Waals surface area contributed by atoms with Gasteiger partial charge in [0, 0.05) is 0 Å². The zero-order valence-corrected chi connectivity index (χ0v) is 8.63. The molecule has 0 saturated carbocycles. The standard InChI is InChI=1S/C9H18O6/c10-7-9(11)6-8-2-1-4-12-14-15-13-5-3-8/h8-11H,1-7H2. The summed E-state index contributed by atoms with van der Waals surface area (Å²) in [6, 6.07) is 0. The van der Waals surface area contributed by atoms with Gasteiger partial charge in [-0.3, -0.25) is 0 Å². The van der Waals surface area contributed by atoms with Crippen LogP contribution in [0.25, 0.3) is 0 Å². The number of rotatable bonds is 3. The van der Waals surface area contributed by atoms with E-state index in [4.69, 9.17) is 5.11 Å². The van der Waals surface area contributed by atoms with Gasteiger partial charge < -0.3 is 10.2 Å². The maximum atomic E-state index is 9.32. The van der Waals surface area contributed by atoms with E-state index < -0.39 is 6.10 Å². The average Bonchev–Trinajstić information content (AvgIpc) is 2.27. The highest BCUT2D eigenvalue weighted by Crippen LogP contribution is 2.19. The first-order valence-electron chi connectivity index (χ1n) is 5.19. The van der Waals surface area contributed by atoms with Crippen molar-refractivity contribution in [3.05, 3.63) is 0 Å². The fraction of sp³-hybridized carbons (Fsp3) is 1.00. The van der Waals surface area contributed by atoms with Crippen LogP contribution in [0, 0.1) is 5.92 Å². The summed E-state index contributed by atoms with van der Waals surface area (Å²) in [6.07, 6.45) is 2.41. The van der Waals surface area contributed by atoms with Crippen molar-refractivity contribution in [2.24, 2.45) is 5.92 Å². The summed E-state index contributed by atoms with van der Waals surface area (Å²) >= 11 is 0. The van der Waals surface area contributed by atoms with E-state index in [9.17, 15) is 5.11 Å².